The van der Waals surface area contributed by atoms with Crippen LogP contribution < -0.4 is 19.9 Å². The zero-order valence-electron chi connectivity index (χ0n) is 12.5. The Balaban J connectivity index is 2.09. The Morgan fingerprint density at radius 2 is 1.95 bits per heavy atom. The molecule has 1 aromatic carbocycles. The van der Waals surface area contributed by atoms with E-state index >= 15 is 0 Å². The molecule has 1 unspecified atom stereocenters. The number of nitrogens with two attached hydrogens (primary N) is 1. The van der Waals surface area contributed by atoms with Crippen LogP contribution >= 0.6 is 0 Å². The molecule has 0 radical (unpaired) electrons. The zero-order valence-corrected chi connectivity index (χ0v) is 12.5. The van der Waals surface area contributed by atoms with E-state index in [9.17, 15) is 0 Å². The van der Waals surface area contributed by atoms with E-state index in [0.29, 0.717) is 0 Å². The van der Waals surface area contributed by atoms with Crippen LogP contribution in [0.15, 0.2) is 12.1 Å². The summed E-state index contributed by atoms with van der Waals surface area (Å²) >= 11 is 0. The van der Waals surface area contributed by atoms with Gasteiger partial charge in [0.1, 0.15) is 5.75 Å². The molecule has 0 spiro atoms. The van der Waals surface area contributed by atoms with Gasteiger partial charge in [-0.15, -0.1) is 0 Å². The molecule has 4 heteroatoms. The Morgan fingerprint density at radius 3 is 2.65 bits per heavy atom. The first-order valence-electron chi connectivity index (χ1n) is 7.55. The smallest absolute Gasteiger partial charge is 0.231 e. The van der Waals surface area contributed by atoms with Crippen LogP contribution in [0, 0.1) is 0 Å². The van der Waals surface area contributed by atoms with E-state index in [1.54, 1.807) is 0 Å². The molecule has 1 heterocycles. The van der Waals surface area contributed by atoms with Crippen LogP contribution in [0.2, 0.25) is 0 Å². The maximum atomic E-state index is 6.07. The van der Waals surface area contributed by atoms with Crippen LogP contribution in [0.25, 0.3) is 0 Å². The van der Waals surface area contributed by atoms with E-state index in [1.165, 1.54) is 12.8 Å². The number of ether oxygens (including phenoxy) is 3. The lowest BCUT2D eigenvalue weighted by Gasteiger charge is -2.15. The third-order valence-corrected chi connectivity index (χ3v) is 3.57. The van der Waals surface area contributed by atoms with Gasteiger partial charge in [0.15, 0.2) is 11.5 Å². The van der Waals surface area contributed by atoms with Gasteiger partial charge in [0.2, 0.25) is 6.79 Å². The van der Waals surface area contributed by atoms with Gasteiger partial charge >= 0.3 is 0 Å². The molecule has 112 valence electrons. The standard InChI is InChI=1S/C16H25NO3/c1-3-5-6-7-18-14-10-16-15(19-11-20-16)9-12(14)8-13(17)4-2/h9-10,13H,3-8,11,17H2,1-2H3. The quantitative estimate of drug-likeness (QED) is 0.742. The number of hydrogen-bond donors (Lipinski definition) is 1. The summed E-state index contributed by atoms with van der Waals surface area (Å²) in [6.07, 6.45) is 5.20. The molecule has 0 bridgehead atoms. The van der Waals surface area contributed by atoms with E-state index in [2.05, 4.69) is 13.8 Å². The second-order valence-electron chi connectivity index (χ2n) is 5.24. The van der Waals surface area contributed by atoms with Crippen molar-refractivity contribution in [3.05, 3.63) is 17.7 Å². The summed E-state index contributed by atoms with van der Waals surface area (Å²) in [7, 11) is 0. The zero-order chi connectivity index (χ0) is 14.4. The minimum Gasteiger partial charge on any atom is -0.493 e. The van der Waals surface area contributed by atoms with Gasteiger partial charge < -0.3 is 19.9 Å². The van der Waals surface area contributed by atoms with Gasteiger partial charge in [-0.2, -0.15) is 0 Å². The fourth-order valence-electron chi connectivity index (χ4n) is 2.22. The molecule has 0 fully saturated rings. The minimum absolute atomic E-state index is 0.147. The van der Waals surface area contributed by atoms with E-state index in [1.807, 2.05) is 12.1 Å². The molecular formula is C16H25NO3. The summed E-state index contributed by atoms with van der Waals surface area (Å²) in [5.74, 6) is 2.45. The van der Waals surface area contributed by atoms with Crippen molar-refractivity contribution >= 4 is 0 Å². The van der Waals surface area contributed by atoms with Crippen LogP contribution in [0.4, 0.5) is 0 Å². The minimum atomic E-state index is 0.147. The number of unbranched alkanes of at least 4 members (excludes halogenated alkanes) is 2. The molecule has 2 rings (SSSR count). The van der Waals surface area contributed by atoms with E-state index in [0.717, 1.165) is 48.7 Å². The van der Waals surface area contributed by atoms with Crippen molar-refractivity contribution in [3.63, 3.8) is 0 Å². The maximum absolute atomic E-state index is 6.07. The van der Waals surface area contributed by atoms with Gasteiger partial charge in [-0.25, -0.2) is 0 Å². The summed E-state index contributed by atoms with van der Waals surface area (Å²) in [6.45, 7) is 5.31. The molecule has 0 saturated carbocycles. The Hall–Kier alpha value is -1.42. The first-order valence-corrected chi connectivity index (χ1v) is 7.55. The van der Waals surface area contributed by atoms with Crippen LogP contribution in [-0.4, -0.2) is 19.4 Å². The summed E-state index contributed by atoms with van der Waals surface area (Å²) < 4.78 is 16.8. The van der Waals surface area contributed by atoms with Crippen LogP contribution in [0.5, 0.6) is 17.2 Å². The Kier molecular flexibility index (Phi) is 5.53. The van der Waals surface area contributed by atoms with Crippen molar-refractivity contribution in [1.82, 2.24) is 0 Å². The third kappa shape index (κ3) is 3.79. The summed E-state index contributed by atoms with van der Waals surface area (Å²) in [5.41, 5.74) is 7.18. The van der Waals surface area contributed by atoms with Crippen molar-refractivity contribution in [2.24, 2.45) is 5.73 Å². The van der Waals surface area contributed by atoms with Crippen LogP contribution in [0.3, 0.4) is 0 Å². The second kappa shape index (κ2) is 7.39. The lowest BCUT2D eigenvalue weighted by atomic mass is 10.0. The molecule has 20 heavy (non-hydrogen) atoms. The average molecular weight is 279 g/mol. The van der Waals surface area contributed by atoms with Crippen molar-refractivity contribution < 1.29 is 14.2 Å². The Labute approximate surface area is 121 Å². The van der Waals surface area contributed by atoms with Gasteiger partial charge in [-0.05, 0) is 30.9 Å². The first kappa shape index (κ1) is 15.0. The lowest BCUT2D eigenvalue weighted by molar-refractivity contribution is 0.173. The van der Waals surface area contributed by atoms with E-state index in [4.69, 9.17) is 19.9 Å². The normalized spacial score (nSPS) is 14.3. The predicted molar refractivity (Wildman–Crippen MR) is 79.6 cm³/mol. The number of fused-ring (bicyclic) bond motifs is 1. The molecule has 1 aliphatic rings. The highest BCUT2D eigenvalue weighted by atomic mass is 16.7. The fraction of sp³-hybridized carbons (Fsp3) is 0.625. The second-order valence-corrected chi connectivity index (χ2v) is 5.24. The van der Waals surface area contributed by atoms with Gasteiger partial charge in [0, 0.05) is 12.1 Å². The molecule has 0 aromatic heterocycles. The summed E-state index contributed by atoms with van der Waals surface area (Å²) in [6, 6.07) is 4.09. The van der Waals surface area contributed by atoms with Crippen molar-refractivity contribution in [1.29, 1.82) is 0 Å². The van der Waals surface area contributed by atoms with Gasteiger partial charge in [0.25, 0.3) is 0 Å². The number of rotatable bonds is 8. The topological polar surface area (TPSA) is 53.7 Å². The summed E-state index contributed by atoms with van der Waals surface area (Å²) in [5, 5.41) is 0. The first-order chi connectivity index (χ1) is 9.74. The number of benzene rings is 1. The maximum Gasteiger partial charge on any atom is 0.231 e. The average Bonchev–Trinajstić information content (AvgIpc) is 2.90. The molecule has 0 aliphatic carbocycles. The SMILES string of the molecule is CCCCCOc1cc2c(cc1CC(N)CC)OCO2. The third-order valence-electron chi connectivity index (χ3n) is 3.57. The Morgan fingerprint density at radius 1 is 1.20 bits per heavy atom. The van der Waals surface area contributed by atoms with Crippen molar-refractivity contribution in [3.8, 4) is 17.2 Å². The molecule has 2 N–H and O–H groups in total. The molecule has 1 atom stereocenters. The highest BCUT2D eigenvalue weighted by Crippen LogP contribution is 2.38. The largest absolute Gasteiger partial charge is 0.493 e. The summed E-state index contributed by atoms with van der Waals surface area (Å²) in [4.78, 5) is 0. The van der Waals surface area contributed by atoms with Crippen LogP contribution in [0.1, 0.15) is 45.1 Å². The van der Waals surface area contributed by atoms with Gasteiger partial charge in [-0.3, -0.25) is 0 Å². The van der Waals surface area contributed by atoms with Gasteiger partial charge in [0.05, 0.1) is 6.61 Å². The fourth-order valence-corrected chi connectivity index (χ4v) is 2.22. The molecule has 0 amide bonds. The molecule has 0 saturated heterocycles. The van der Waals surface area contributed by atoms with Crippen LogP contribution in [-0.2, 0) is 6.42 Å². The monoisotopic (exact) mass is 279 g/mol. The number of hydrogen-bond acceptors (Lipinski definition) is 4. The molecule has 1 aromatic rings. The van der Waals surface area contributed by atoms with E-state index < -0.39 is 0 Å². The lowest BCUT2D eigenvalue weighted by Crippen LogP contribution is -2.21. The molecule has 4 nitrogen and oxygen atoms in total. The van der Waals surface area contributed by atoms with Crippen molar-refractivity contribution in [2.45, 2.75) is 52.0 Å². The highest BCUT2D eigenvalue weighted by Gasteiger charge is 2.19. The van der Waals surface area contributed by atoms with E-state index in [-0.39, 0.29) is 12.8 Å². The Bertz CT molecular complexity index is 434. The molecule has 1 aliphatic heterocycles. The predicted octanol–water partition coefficient (Wildman–Crippen LogP) is 3.26. The van der Waals surface area contributed by atoms with Crippen molar-refractivity contribution in [2.75, 3.05) is 13.4 Å². The van der Waals surface area contributed by atoms with Gasteiger partial charge in [-0.1, -0.05) is 26.7 Å². The highest BCUT2D eigenvalue weighted by molar-refractivity contribution is 5.52. The molecular weight excluding hydrogens is 254 g/mol.